The third kappa shape index (κ3) is 4.36. The Morgan fingerprint density at radius 1 is 1.16 bits per heavy atom. The number of hydrazone groups is 1. The van der Waals surface area contributed by atoms with E-state index >= 15 is 0 Å². The van der Waals surface area contributed by atoms with Crippen molar-refractivity contribution < 1.29 is 32.5 Å². The van der Waals surface area contributed by atoms with Crippen LogP contribution in [0.15, 0.2) is 41.5 Å². The molecule has 31 heavy (non-hydrogen) atoms. The topological polar surface area (TPSA) is 71.4 Å². The van der Waals surface area contributed by atoms with Crippen molar-refractivity contribution >= 4 is 11.6 Å². The smallest absolute Gasteiger partial charge is 0.438 e. The molecule has 1 atom stereocenters. The summed E-state index contributed by atoms with van der Waals surface area (Å²) in [6.45, 7) is 4.75. The second kappa shape index (κ2) is 8.22. The zero-order chi connectivity index (χ0) is 23.0. The number of alkyl halides is 3. The molecule has 0 aromatic heterocycles. The van der Waals surface area contributed by atoms with E-state index in [1.165, 1.54) is 19.2 Å². The number of benzene rings is 2. The highest BCUT2D eigenvalue weighted by Gasteiger charge is 2.63. The van der Waals surface area contributed by atoms with Crippen molar-refractivity contribution in [1.29, 1.82) is 0 Å². The minimum absolute atomic E-state index is 0.0708. The van der Waals surface area contributed by atoms with E-state index in [2.05, 4.69) is 5.10 Å². The summed E-state index contributed by atoms with van der Waals surface area (Å²) < 4.78 is 51.7. The van der Waals surface area contributed by atoms with Crippen LogP contribution in [0.1, 0.15) is 28.7 Å². The molecule has 0 saturated carbocycles. The van der Waals surface area contributed by atoms with Crippen LogP contribution in [0.5, 0.6) is 11.5 Å². The van der Waals surface area contributed by atoms with Gasteiger partial charge in [-0.05, 0) is 61.7 Å². The minimum atomic E-state index is -5.12. The maximum Gasteiger partial charge on any atom is 0.438 e. The summed E-state index contributed by atoms with van der Waals surface area (Å²) in [6.07, 6.45) is -6.01. The maximum absolute atomic E-state index is 13.7. The number of amides is 1. The average molecular weight is 436 g/mol. The van der Waals surface area contributed by atoms with E-state index in [0.29, 0.717) is 17.1 Å². The molecule has 166 valence electrons. The molecule has 6 nitrogen and oxygen atoms in total. The van der Waals surface area contributed by atoms with Gasteiger partial charge in [0.2, 0.25) is 0 Å². The maximum atomic E-state index is 13.7. The first kappa shape index (κ1) is 22.6. The minimum Gasteiger partial charge on any atom is -0.497 e. The van der Waals surface area contributed by atoms with Gasteiger partial charge >= 0.3 is 6.18 Å². The fourth-order valence-electron chi connectivity index (χ4n) is 3.56. The molecule has 0 saturated heterocycles. The zero-order valence-corrected chi connectivity index (χ0v) is 17.6. The number of carbonyl (C=O) groups is 1. The first-order chi connectivity index (χ1) is 14.5. The molecule has 0 fully saturated rings. The number of ether oxygens (including phenoxy) is 2. The van der Waals surface area contributed by atoms with Gasteiger partial charge < -0.3 is 14.6 Å². The van der Waals surface area contributed by atoms with E-state index in [1.54, 1.807) is 26.0 Å². The molecule has 1 amide bonds. The van der Waals surface area contributed by atoms with Gasteiger partial charge in [-0.1, -0.05) is 17.7 Å². The van der Waals surface area contributed by atoms with Crippen molar-refractivity contribution in [3.8, 4) is 11.5 Å². The number of halogens is 3. The molecule has 9 heteroatoms. The molecule has 1 heterocycles. The molecule has 1 N–H and O–H groups in total. The van der Waals surface area contributed by atoms with Crippen LogP contribution in [-0.4, -0.2) is 47.4 Å². The monoisotopic (exact) mass is 436 g/mol. The van der Waals surface area contributed by atoms with Gasteiger partial charge in [0.05, 0.1) is 19.2 Å². The molecule has 0 bridgehead atoms. The van der Waals surface area contributed by atoms with Crippen LogP contribution in [0.2, 0.25) is 0 Å². The summed E-state index contributed by atoms with van der Waals surface area (Å²) in [6, 6.07) is 9.82. The quantitative estimate of drug-likeness (QED) is 0.772. The Morgan fingerprint density at radius 3 is 2.26 bits per heavy atom. The van der Waals surface area contributed by atoms with Crippen molar-refractivity contribution in [2.24, 2.45) is 5.10 Å². The number of carbonyl (C=O) groups excluding carboxylic acids is 1. The van der Waals surface area contributed by atoms with Crippen molar-refractivity contribution in [2.45, 2.75) is 39.1 Å². The Bertz CT molecular complexity index is 995. The number of hydrogen-bond acceptors (Lipinski definition) is 5. The molecule has 2 aromatic carbocycles. The normalized spacial score (nSPS) is 18.7. The highest BCUT2D eigenvalue weighted by molar-refractivity contribution is 6.03. The van der Waals surface area contributed by atoms with Crippen molar-refractivity contribution in [3.05, 3.63) is 58.7 Å². The molecule has 0 spiro atoms. The fraction of sp³-hybridized carbons (Fsp3) is 0.364. The number of aryl methyl sites for hydroxylation is 3. The Hall–Kier alpha value is -3.07. The average Bonchev–Trinajstić information content (AvgIpc) is 3.06. The van der Waals surface area contributed by atoms with E-state index in [9.17, 15) is 23.1 Å². The number of rotatable bonds is 5. The Kier molecular flexibility index (Phi) is 6.00. The van der Waals surface area contributed by atoms with Gasteiger partial charge in [0.1, 0.15) is 11.5 Å². The summed E-state index contributed by atoms with van der Waals surface area (Å²) in [5, 5.41) is 14.3. The largest absolute Gasteiger partial charge is 0.497 e. The highest BCUT2D eigenvalue weighted by Crippen LogP contribution is 2.41. The van der Waals surface area contributed by atoms with Gasteiger partial charge in [-0.2, -0.15) is 23.3 Å². The van der Waals surface area contributed by atoms with Gasteiger partial charge in [0, 0.05) is 0 Å². The van der Waals surface area contributed by atoms with Crippen LogP contribution in [-0.2, 0) is 4.79 Å². The van der Waals surface area contributed by atoms with Crippen LogP contribution in [0.25, 0.3) is 0 Å². The summed E-state index contributed by atoms with van der Waals surface area (Å²) in [5.74, 6) is -0.186. The predicted octanol–water partition coefficient (Wildman–Crippen LogP) is 3.89. The van der Waals surface area contributed by atoms with Crippen LogP contribution in [0.3, 0.4) is 0 Å². The lowest BCUT2D eigenvalue weighted by molar-refractivity contribution is -0.302. The Labute approximate surface area is 177 Å². The van der Waals surface area contributed by atoms with E-state index in [-0.39, 0.29) is 10.7 Å². The van der Waals surface area contributed by atoms with Gasteiger partial charge in [0.15, 0.2) is 6.61 Å². The van der Waals surface area contributed by atoms with Gasteiger partial charge in [-0.25, -0.2) is 0 Å². The molecular weight excluding hydrogens is 413 g/mol. The molecule has 1 aliphatic heterocycles. The van der Waals surface area contributed by atoms with Gasteiger partial charge in [-0.3, -0.25) is 4.79 Å². The van der Waals surface area contributed by atoms with Crippen LogP contribution >= 0.6 is 0 Å². The Balaban J connectivity index is 1.87. The highest BCUT2D eigenvalue weighted by atomic mass is 19.4. The predicted molar refractivity (Wildman–Crippen MR) is 108 cm³/mol. The number of nitrogens with zero attached hydrogens (tertiary/aromatic N) is 2. The van der Waals surface area contributed by atoms with E-state index < -0.39 is 30.8 Å². The van der Waals surface area contributed by atoms with E-state index in [4.69, 9.17) is 9.47 Å². The lowest BCUT2D eigenvalue weighted by Crippen LogP contribution is -2.57. The first-order valence-corrected chi connectivity index (χ1v) is 9.51. The Morgan fingerprint density at radius 2 is 1.74 bits per heavy atom. The summed E-state index contributed by atoms with van der Waals surface area (Å²) in [7, 11) is 1.46. The molecule has 0 radical (unpaired) electrons. The summed E-state index contributed by atoms with van der Waals surface area (Å²) in [5.41, 5.74) is -0.697. The number of aliphatic hydroxyl groups is 1. The van der Waals surface area contributed by atoms with Gasteiger partial charge in [-0.15, -0.1) is 0 Å². The van der Waals surface area contributed by atoms with Gasteiger partial charge in [0.25, 0.3) is 11.6 Å². The van der Waals surface area contributed by atoms with Crippen molar-refractivity contribution in [1.82, 2.24) is 5.01 Å². The van der Waals surface area contributed by atoms with Crippen molar-refractivity contribution in [2.75, 3.05) is 13.7 Å². The molecule has 0 aliphatic carbocycles. The second-order valence-electron chi connectivity index (χ2n) is 7.49. The van der Waals surface area contributed by atoms with Crippen LogP contribution in [0.4, 0.5) is 13.2 Å². The van der Waals surface area contributed by atoms with Crippen molar-refractivity contribution in [3.63, 3.8) is 0 Å². The lowest BCUT2D eigenvalue weighted by Gasteiger charge is -2.32. The number of methoxy groups -OCH3 is 1. The van der Waals surface area contributed by atoms with Crippen LogP contribution in [0, 0.1) is 20.8 Å². The standard InChI is InChI=1S/C22H23F3N2O4/c1-13-9-14(2)20(15(3)10-13)31-12-19(28)27-21(29,22(23,24)25)11-18(26-27)16-5-7-17(30-4)8-6-16/h5-10,29H,11-12H2,1-4H3/t21-/m0/s1. The van der Waals surface area contributed by atoms with Crippen LogP contribution < -0.4 is 9.47 Å². The van der Waals surface area contributed by atoms with E-state index in [0.717, 1.165) is 16.7 Å². The lowest BCUT2D eigenvalue weighted by atomic mass is 10.0. The molecule has 2 aromatic rings. The third-order valence-electron chi connectivity index (χ3n) is 5.04. The summed E-state index contributed by atoms with van der Waals surface area (Å²) in [4.78, 5) is 12.7. The third-order valence-corrected chi connectivity index (χ3v) is 5.04. The zero-order valence-electron chi connectivity index (χ0n) is 17.6. The molecular formula is C22H23F3N2O4. The molecule has 3 rings (SSSR count). The summed E-state index contributed by atoms with van der Waals surface area (Å²) >= 11 is 0. The molecule has 0 unspecified atom stereocenters. The fourth-order valence-corrected chi connectivity index (χ4v) is 3.56. The SMILES string of the molecule is COc1ccc(C2=NN(C(=O)COc3c(C)cc(C)cc3C)[C@@](O)(C(F)(F)F)C2)cc1. The number of hydrogen-bond donors (Lipinski definition) is 1. The first-order valence-electron chi connectivity index (χ1n) is 9.51. The van der Waals surface area contributed by atoms with E-state index in [1.807, 2.05) is 19.1 Å². The second-order valence-corrected chi connectivity index (χ2v) is 7.49. The molecule has 1 aliphatic rings.